The van der Waals surface area contributed by atoms with Gasteiger partial charge >= 0.3 is 6.23 Å². The molecule has 0 saturated carbocycles. The normalized spacial score (nSPS) is 23.6. The molecule has 0 aromatic heterocycles. The van der Waals surface area contributed by atoms with Crippen LogP contribution in [0.5, 0.6) is 0 Å². The van der Waals surface area contributed by atoms with E-state index in [4.69, 9.17) is 4.84 Å². The molecule has 2 unspecified atom stereocenters. The maximum Gasteiger partial charge on any atom is 0.300 e. The predicted molar refractivity (Wildman–Crippen MR) is 101 cm³/mol. The van der Waals surface area contributed by atoms with Crippen LogP contribution in [0.4, 0.5) is 0 Å². The molecule has 1 fully saturated rings. The Hall–Kier alpha value is -2.68. The summed E-state index contributed by atoms with van der Waals surface area (Å²) in [6.07, 6.45) is 0.144. The molecule has 0 bridgehead atoms. The van der Waals surface area contributed by atoms with Crippen molar-refractivity contribution in [3.8, 4) is 11.1 Å². The molecule has 4 aromatic rings. The molecule has 25 heavy (non-hydrogen) atoms. The van der Waals surface area contributed by atoms with Crippen molar-refractivity contribution in [2.45, 2.75) is 12.8 Å². The number of fused-ring (bicyclic) bond motifs is 9. The topological polar surface area (TPSA) is 12.5 Å². The van der Waals surface area contributed by atoms with Crippen molar-refractivity contribution in [3.05, 3.63) is 83.9 Å². The lowest BCUT2D eigenvalue weighted by atomic mass is 9.88. The lowest BCUT2D eigenvalue weighted by Gasteiger charge is -2.15. The smallest absolute Gasteiger partial charge is 0.138 e. The zero-order valence-electron chi connectivity index (χ0n) is 14.1. The Morgan fingerprint density at radius 3 is 2.16 bits per heavy atom. The van der Waals surface area contributed by atoms with E-state index in [0.717, 1.165) is 6.54 Å². The summed E-state index contributed by atoms with van der Waals surface area (Å²) in [5.74, 6) is 0. The van der Waals surface area contributed by atoms with Gasteiger partial charge in [-0.3, -0.25) is 0 Å². The minimum atomic E-state index is 0.144. The first kappa shape index (κ1) is 13.6. The van der Waals surface area contributed by atoms with Crippen LogP contribution in [0, 0.1) is 0 Å². The largest absolute Gasteiger partial charge is 0.300 e. The summed E-state index contributed by atoms with van der Waals surface area (Å²) < 4.78 is 0.649. The molecule has 6 rings (SSSR count). The molecule has 2 atom stereocenters. The molecule has 0 aliphatic carbocycles. The highest BCUT2D eigenvalue weighted by Gasteiger charge is 2.59. The van der Waals surface area contributed by atoms with Crippen LogP contribution in [0.25, 0.3) is 32.7 Å². The van der Waals surface area contributed by atoms with Gasteiger partial charge in [0.05, 0.1) is 5.56 Å². The minimum absolute atomic E-state index is 0.144. The first-order valence-electron chi connectivity index (χ1n) is 8.81. The van der Waals surface area contributed by atoms with Crippen molar-refractivity contribution in [1.29, 1.82) is 0 Å². The number of quaternary nitrogens is 1. The van der Waals surface area contributed by atoms with Gasteiger partial charge in [0.15, 0.2) is 0 Å². The van der Waals surface area contributed by atoms with Crippen molar-refractivity contribution >= 4 is 21.5 Å². The van der Waals surface area contributed by atoms with E-state index in [1.54, 1.807) is 0 Å². The van der Waals surface area contributed by atoms with Crippen molar-refractivity contribution in [1.82, 2.24) is 0 Å². The van der Waals surface area contributed by atoms with Crippen LogP contribution in [0.15, 0.2) is 72.8 Å². The van der Waals surface area contributed by atoms with Crippen molar-refractivity contribution in [2.75, 3.05) is 7.05 Å². The number of rotatable bonds is 0. The Kier molecular flexibility index (Phi) is 2.44. The fraction of sp³-hybridized carbons (Fsp3) is 0.130. The van der Waals surface area contributed by atoms with Crippen LogP contribution in [-0.2, 0) is 11.4 Å². The lowest BCUT2D eigenvalue weighted by Crippen LogP contribution is -2.18. The summed E-state index contributed by atoms with van der Waals surface area (Å²) in [7, 11) is 2.19. The monoisotopic (exact) mass is 324 g/mol. The Balaban J connectivity index is 1.85. The number of benzene rings is 4. The molecule has 2 aliphatic heterocycles. The van der Waals surface area contributed by atoms with Crippen LogP contribution in [0.3, 0.4) is 0 Å². The third kappa shape index (κ3) is 1.76. The van der Waals surface area contributed by atoms with E-state index in [2.05, 4.69) is 79.8 Å². The molecule has 2 nitrogen and oxygen atoms in total. The Bertz CT molecular complexity index is 1180. The van der Waals surface area contributed by atoms with E-state index in [1.165, 1.54) is 43.8 Å². The summed E-state index contributed by atoms with van der Waals surface area (Å²) >= 11 is 0. The second kappa shape index (κ2) is 4.48. The Morgan fingerprint density at radius 2 is 1.40 bits per heavy atom. The first-order chi connectivity index (χ1) is 12.2. The molecule has 0 amide bonds. The molecule has 1 saturated heterocycles. The van der Waals surface area contributed by atoms with E-state index in [1.807, 2.05) is 0 Å². The number of hydrogen-bond acceptors (Lipinski definition) is 1. The predicted octanol–water partition coefficient (Wildman–Crippen LogP) is 5.56. The molecule has 0 N–H and O–H groups in total. The molecular weight excluding hydrogens is 306 g/mol. The van der Waals surface area contributed by atoms with Gasteiger partial charge in [0, 0.05) is 11.1 Å². The van der Waals surface area contributed by atoms with Crippen LogP contribution >= 0.6 is 0 Å². The minimum Gasteiger partial charge on any atom is -0.138 e. The molecule has 120 valence electrons. The SMILES string of the molecule is C[N+]12Cc3ccc4ccccc4c3-c3c(ccc4ccccc34)C1O2. The second-order valence-electron chi connectivity index (χ2n) is 7.36. The van der Waals surface area contributed by atoms with Crippen molar-refractivity contribution < 1.29 is 9.48 Å². The fourth-order valence-corrected chi connectivity index (χ4v) is 4.53. The number of hydrogen-bond donors (Lipinski definition) is 0. The molecule has 2 heterocycles. The standard InChI is InChI=1S/C23H18NO/c1-24-14-17-11-10-15-6-2-4-8-18(15)21(17)22-19-9-5-3-7-16(19)12-13-20(22)23(24)25-24/h2-13,23H,14H2,1H3/q+1. The van der Waals surface area contributed by atoms with E-state index in [-0.39, 0.29) is 6.23 Å². The Morgan fingerprint density at radius 1 is 0.760 bits per heavy atom. The van der Waals surface area contributed by atoms with Gasteiger partial charge in [0.1, 0.15) is 13.6 Å². The van der Waals surface area contributed by atoms with E-state index in [0.29, 0.717) is 4.65 Å². The highest BCUT2D eigenvalue weighted by Crippen LogP contribution is 2.55. The zero-order valence-corrected chi connectivity index (χ0v) is 14.1. The van der Waals surface area contributed by atoms with Crippen molar-refractivity contribution in [2.24, 2.45) is 0 Å². The summed E-state index contributed by atoms with van der Waals surface area (Å²) in [5.41, 5.74) is 5.43. The summed E-state index contributed by atoms with van der Waals surface area (Å²) in [6, 6.07) is 26.5. The molecular formula is C23H18NO+. The summed E-state index contributed by atoms with van der Waals surface area (Å²) in [6.45, 7) is 0.911. The lowest BCUT2D eigenvalue weighted by molar-refractivity contribution is -0.917. The Labute approximate surface area is 146 Å². The van der Waals surface area contributed by atoms with Gasteiger partial charge < -0.3 is 0 Å². The van der Waals surface area contributed by atoms with Gasteiger partial charge in [-0.1, -0.05) is 66.7 Å². The summed E-state index contributed by atoms with van der Waals surface area (Å²) in [4.78, 5) is 6.13. The summed E-state index contributed by atoms with van der Waals surface area (Å²) in [5, 5.41) is 5.25. The average molecular weight is 324 g/mol. The molecule has 4 aromatic carbocycles. The van der Waals surface area contributed by atoms with Gasteiger partial charge in [-0.15, -0.1) is 9.48 Å². The number of hydroxylamine groups is 3. The van der Waals surface area contributed by atoms with E-state index in [9.17, 15) is 0 Å². The highest BCUT2D eigenvalue weighted by molar-refractivity contribution is 6.08. The molecule has 0 radical (unpaired) electrons. The van der Waals surface area contributed by atoms with Gasteiger partial charge in [0.2, 0.25) is 0 Å². The maximum atomic E-state index is 6.13. The van der Waals surface area contributed by atoms with E-state index >= 15 is 0 Å². The quantitative estimate of drug-likeness (QED) is 0.304. The third-order valence-corrected chi connectivity index (χ3v) is 5.77. The van der Waals surface area contributed by atoms with Crippen molar-refractivity contribution in [3.63, 3.8) is 0 Å². The second-order valence-corrected chi connectivity index (χ2v) is 7.36. The average Bonchev–Trinajstić information content (AvgIpc) is 3.32. The van der Waals surface area contributed by atoms with Gasteiger partial charge in [-0.2, -0.15) is 0 Å². The van der Waals surface area contributed by atoms with Gasteiger partial charge in [-0.25, -0.2) is 0 Å². The highest BCUT2D eigenvalue weighted by atomic mass is 16.9. The van der Waals surface area contributed by atoms with Gasteiger partial charge in [0.25, 0.3) is 0 Å². The van der Waals surface area contributed by atoms with Crippen LogP contribution < -0.4 is 0 Å². The molecule has 2 heteroatoms. The van der Waals surface area contributed by atoms with Gasteiger partial charge in [-0.05, 0) is 33.2 Å². The van der Waals surface area contributed by atoms with Crippen LogP contribution in [-0.4, -0.2) is 11.7 Å². The van der Waals surface area contributed by atoms with E-state index < -0.39 is 0 Å². The fourth-order valence-electron chi connectivity index (χ4n) is 4.53. The number of nitrogens with zero attached hydrogens (tertiary/aromatic N) is 1. The van der Waals surface area contributed by atoms with Crippen LogP contribution in [0.2, 0.25) is 0 Å². The molecule has 2 aliphatic rings. The third-order valence-electron chi connectivity index (χ3n) is 5.77. The zero-order chi connectivity index (χ0) is 16.6. The maximum absolute atomic E-state index is 6.13. The molecule has 0 spiro atoms. The van der Waals surface area contributed by atoms with Crippen LogP contribution in [0.1, 0.15) is 17.4 Å². The first-order valence-corrected chi connectivity index (χ1v) is 8.81.